The Balaban J connectivity index is 2.01. The minimum atomic E-state index is -0.165. The summed E-state index contributed by atoms with van der Waals surface area (Å²) in [5.74, 6) is 0. The maximum absolute atomic E-state index is 10.1. The lowest BCUT2D eigenvalue weighted by Gasteiger charge is -2.32. The largest absolute Gasteiger partial charge is 0.392 e. The van der Waals surface area contributed by atoms with Gasteiger partial charge in [0.1, 0.15) is 0 Å². The monoisotopic (exact) mass is 247 g/mol. The molecule has 0 bridgehead atoms. The highest BCUT2D eigenvalue weighted by Gasteiger charge is 2.25. The fourth-order valence-electron chi connectivity index (χ4n) is 2.88. The SMILES string of the molecule is CCCC(NC1CCCCC1O)c1ccccc1. The van der Waals surface area contributed by atoms with E-state index in [0.29, 0.717) is 6.04 Å². The smallest absolute Gasteiger partial charge is 0.0693 e. The van der Waals surface area contributed by atoms with Gasteiger partial charge in [-0.2, -0.15) is 0 Å². The van der Waals surface area contributed by atoms with Gasteiger partial charge in [-0.25, -0.2) is 0 Å². The minimum absolute atomic E-state index is 0.165. The third kappa shape index (κ3) is 3.56. The Bertz CT molecular complexity index is 338. The zero-order chi connectivity index (χ0) is 12.8. The summed E-state index contributed by atoms with van der Waals surface area (Å²) < 4.78 is 0. The first-order valence-electron chi connectivity index (χ1n) is 7.30. The van der Waals surface area contributed by atoms with Crippen molar-refractivity contribution in [2.24, 2.45) is 0 Å². The number of rotatable bonds is 5. The van der Waals surface area contributed by atoms with Crippen molar-refractivity contribution in [2.45, 2.75) is 63.6 Å². The summed E-state index contributed by atoms with van der Waals surface area (Å²) in [6.07, 6.45) is 6.59. The minimum Gasteiger partial charge on any atom is -0.392 e. The van der Waals surface area contributed by atoms with Gasteiger partial charge in [0.25, 0.3) is 0 Å². The molecule has 0 aliphatic heterocycles. The summed E-state index contributed by atoms with van der Waals surface area (Å²) in [6.45, 7) is 2.22. The molecule has 100 valence electrons. The fraction of sp³-hybridized carbons (Fsp3) is 0.625. The van der Waals surface area contributed by atoms with Gasteiger partial charge in [0.05, 0.1) is 6.10 Å². The van der Waals surface area contributed by atoms with E-state index < -0.39 is 0 Å². The third-order valence-electron chi connectivity index (χ3n) is 3.92. The van der Waals surface area contributed by atoms with Crippen molar-refractivity contribution in [1.29, 1.82) is 0 Å². The topological polar surface area (TPSA) is 32.3 Å². The molecule has 1 fully saturated rings. The first-order chi connectivity index (χ1) is 8.81. The Labute approximate surface area is 110 Å². The molecule has 2 N–H and O–H groups in total. The predicted molar refractivity (Wildman–Crippen MR) is 75.5 cm³/mol. The molecule has 3 unspecified atom stereocenters. The van der Waals surface area contributed by atoms with Crippen LogP contribution in [0.15, 0.2) is 30.3 Å². The Morgan fingerprint density at radius 3 is 2.61 bits per heavy atom. The van der Waals surface area contributed by atoms with Crippen LogP contribution in [0.5, 0.6) is 0 Å². The Morgan fingerprint density at radius 2 is 1.94 bits per heavy atom. The van der Waals surface area contributed by atoms with Crippen molar-refractivity contribution in [3.63, 3.8) is 0 Å². The average Bonchev–Trinajstić information content (AvgIpc) is 2.42. The summed E-state index contributed by atoms with van der Waals surface area (Å²) >= 11 is 0. The van der Waals surface area contributed by atoms with Crippen molar-refractivity contribution < 1.29 is 5.11 Å². The summed E-state index contributed by atoms with van der Waals surface area (Å²) in [5.41, 5.74) is 1.34. The summed E-state index contributed by atoms with van der Waals surface area (Å²) in [7, 11) is 0. The Kier molecular flexibility index (Phi) is 5.21. The van der Waals surface area contributed by atoms with Crippen LogP contribution in [0.25, 0.3) is 0 Å². The first-order valence-corrected chi connectivity index (χ1v) is 7.30. The molecule has 18 heavy (non-hydrogen) atoms. The maximum atomic E-state index is 10.1. The molecule has 0 aromatic heterocycles. The van der Waals surface area contributed by atoms with Crippen molar-refractivity contribution in [3.05, 3.63) is 35.9 Å². The Hall–Kier alpha value is -0.860. The van der Waals surface area contributed by atoms with Crippen LogP contribution in [0, 0.1) is 0 Å². The average molecular weight is 247 g/mol. The zero-order valence-electron chi connectivity index (χ0n) is 11.3. The summed E-state index contributed by atoms with van der Waals surface area (Å²) in [4.78, 5) is 0. The quantitative estimate of drug-likeness (QED) is 0.835. The zero-order valence-corrected chi connectivity index (χ0v) is 11.3. The standard InChI is InChI=1S/C16H25NO/c1-2-8-14(13-9-4-3-5-10-13)17-15-11-6-7-12-16(15)18/h3-5,9-10,14-18H,2,6-8,11-12H2,1H3. The highest BCUT2D eigenvalue weighted by Crippen LogP contribution is 2.24. The molecule has 0 radical (unpaired) electrons. The van der Waals surface area contributed by atoms with E-state index >= 15 is 0 Å². The van der Waals surface area contributed by atoms with Gasteiger partial charge < -0.3 is 10.4 Å². The van der Waals surface area contributed by atoms with E-state index in [2.05, 4.69) is 42.6 Å². The van der Waals surface area contributed by atoms with Crippen LogP contribution in [0.2, 0.25) is 0 Å². The number of hydrogen-bond acceptors (Lipinski definition) is 2. The third-order valence-corrected chi connectivity index (χ3v) is 3.92. The second-order valence-corrected chi connectivity index (χ2v) is 5.38. The van der Waals surface area contributed by atoms with Crippen molar-refractivity contribution in [2.75, 3.05) is 0 Å². The van der Waals surface area contributed by atoms with Gasteiger partial charge in [-0.1, -0.05) is 56.5 Å². The molecule has 0 heterocycles. The molecular weight excluding hydrogens is 222 g/mol. The van der Waals surface area contributed by atoms with Crippen LogP contribution < -0.4 is 5.32 Å². The lowest BCUT2D eigenvalue weighted by atomic mass is 9.90. The van der Waals surface area contributed by atoms with Crippen LogP contribution in [-0.2, 0) is 0 Å². The van der Waals surface area contributed by atoms with Gasteiger partial charge in [0.2, 0.25) is 0 Å². The highest BCUT2D eigenvalue weighted by atomic mass is 16.3. The molecule has 0 amide bonds. The molecule has 1 aliphatic rings. The van der Waals surface area contributed by atoms with Gasteiger partial charge in [-0.3, -0.25) is 0 Å². The molecule has 0 spiro atoms. The second kappa shape index (κ2) is 6.91. The van der Waals surface area contributed by atoms with Gasteiger partial charge >= 0.3 is 0 Å². The van der Waals surface area contributed by atoms with Crippen molar-refractivity contribution >= 4 is 0 Å². The summed E-state index contributed by atoms with van der Waals surface area (Å²) in [5, 5.41) is 13.7. The molecule has 1 aliphatic carbocycles. The molecule has 3 atom stereocenters. The number of hydrogen-bond donors (Lipinski definition) is 2. The molecular formula is C16H25NO. The van der Waals surface area contributed by atoms with Crippen molar-refractivity contribution in [3.8, 4) is 0 Å². The molecule has 2 heteroatoms. The number of aliphatic hydroxyl groups is 1. The van der Waals surface area contributed by atoms with E-state index in [0.717, 1.165) is 25.7 Å². The molecule has 2 nitrogen and oxygen atoms in total. The maximum Gasteiger partial charge on any atom is 0.0693 e. The van der Waals surface area contributed by atoms with Crippen molar-refractivity contribution in [1.82, 2.24) is 5.32 Å². The van der Waals surface area contributed by atoms with Crippen LogP contribution in [0.1, 0.15) is 57.1 Å². The van der Waals surface area contributed by atoms with E-state index in [1.165, 1.54) is 18.4 Å². The number of benzene rings is 1. The van der Waals surface area contributed by atoms with E-state index in [9.17, 15) is 5.11 Å². The van der Waals surface area contributed by atoms with Crippen LogP contribution in [0.3, 0.4) is 0 Å². The second-order valence-electron chi connectivity index (χ2n) is 5.38. The lowest BCUT2D eigenvalue weighted by molar-refractivity contribution is 0.0840. The van der Waals surface area contributed by atoms with Gasteiger partial charge in [0, 0.05) is 12.1 Å². The fourth-order valence-corrected chi connectivity index (χ4v) is 2.88. The van der Waals surface area contributed by atoms with E-state index in [4.69, 9.17) is 0 Å². The van der Waals surface area contributed by atoms with E-state index in [1.807, 2.05) is 0 Å². The molecule has 1 aromatic carbocycles. The van der Waals surface area contributed by atoms with E-state index in [-0.39, 0.29) is 12.1 Å². The van der Waals surface area contributed by atoms with Crippen LogP contribution in [-0.4, -0.2) is 17.3 Å². The summed E-state index contributed by atoms with van der Waals surface area (Å²) in [6, 6.07) is 11.3. The van der Waals surface area contributed by atoms with Crippen LogP contribution in [0.4, 0.5) is 0 Å². The van der Waals surface area contributed by atoms with Gasteiger partial charge in [0.15, 0.2) is 0 Å². The van der Waals surface area contributed by atoms with Crippen LogP contribution >= 0.6 is 0 Å². The molecule has 1 saturated carbocycles. The van der Waals surface area contributed by atoms with Gasteiger partial charge in [-0.05, 0) is 24.8 Å². The normalized spacial score (nSPS) is 25.9. The molecule has 1 aromatic rings. The molecule has 0 saturated heterocycles. The molecule has 2 rings (SSSR count). The number of nitrogens with one attached hydrogen (secondary N) is 1. The lowest BCUT2D eigenvalue weighted by Crippen LogP contribution is -2.43. The first kappa shape index (κ1) is 13.6. The van der Waals surface area contributed by atoms with E-state index in [1.54, 1.807) is 0 Å². The van der Waals surface area contributed by atoms with Gasteiger partial charge in [-0.15, -0.1) is 0 Å². The highest BCUT2D eigenvalue weighted by molar-refractivity contribution is 5.19. The number of aliphatic hydroxyl groups excluding tert-OH is 1. The predicted octanol–water partition coefficient (Wildman–Crippen LogP) is 3.42. The Morgan fingerprint density at radius 1 is 1.22 bits per heavy atom.